The van der Waals surface area contributed by atoms with Gasteiger partial charge in [0.05, 0.1) is 12.0 Å². The molecule has 62 valence electrons. The molecule has 2 N–H and O–H groups in total. The molecule has 1 aliphatic carbocycles. The van der Waals surface area contributed by atoms with Gasteiger partial charge in [-0.15, -0.1) is 11.8 Å². The monoisotopic (exact) mass is 179 g/mol. The second kappa shape index (κ2) is 2.75. The molecule has 2 nitrogen and oxygen atoms in total. The normalized spacial score (nSPS) is 10.8. The molecule has 2 aliphatic rings. The third-order valence-electron chi connectivity index (χ3n) is 1.83. The van der Waals surface area contributed by atoms with Gasteiger partial charge in [0.1, 0.15) is 6.26 Å². The molecule has 0 radical (unpaired) electrons. The zero-order valence-corrected chi connectivity index (χ0v) is 7.52. The van der Waals surface area contributed by atoms with Crippen molar-refractivity contribution < 1.29 is 4.42 Å². The molecule has 0 unspecified atom stereocenters. The highest BCUT2D eigenvalue weighted by Gasteiger charge is 2.09. The van der Waals surface area contributed by atoms with Gasteiger partial charge in [-0.1, -0.05) is 0 Å². The van der Waals surface area contributed by atoms with E-state index in [1.54, 1.807) is 24.3 Å². The molecule has 0 saturated carbocycles. The number of nitrogen functional groups attached to an aromatic ring is 1. The Balaban J connectivity index is 2.66. The minimum absolute atomic E-state index is 0.702. The van der Waals surface area contributed by atoms with E-state index < -0.39 is 0 Å². The van der Waals surface area contributed by atoms with E-state index in [2.05, 4.69) is 12.1 Å². The number of hydrogen-bond donors (Lipinski definition) is 1. The van der Waals surface area contributed by atoms with Gasteiger partial charge in [0.2, 0.25) is 0 Å². The highest BCUT2D eigenvalue weighted by molar-refractivity contribution is 7.98. The predicted octanol–water partition coefficient (Wildman–Crippen LogP) is 2.69. The molecule has 0 bridgehead atoms. The van der Waals surface area contributed by atoms with E-state index in [4.69, 9.17) is 10.2 Å². The Morgan fingerprint density at radius 1 is 1.33 bits per heavy atom. The minimum Gasteiger partial charge on any atom is -0.470 e. The van der Waals surface area contributed by atoms with Crippen LogP contribution in [0, 0.1) is 0 Å². The van der Waals surface area contributed by atoms with Gasteiger partial charge in [0.15, 0.2) is 0 Å². The first-order valence-electron chi connectivity index (χ1n) is 3.60. The Kier molecular flexibility index (Phi) is 1.73. The summed E-state index contributed by atoms with van der Waals surface area (Å²) in [6, 6.07) is 4.14. The maximum Gasteiger partial charge on any atom is 0.114 e. The van der Waals surface area contributed by atoms with E-state index in [1.165, 1.54) is 4.90 Å². The SMILES string of the molecule is CSc1cc2cocc(N)c-2c1. The maximum atomic E-state index is 5.72. The summed E-state index contributed by atoms with van der Waals surface area (Å²) < 4.78 is 5.04. The summed E-state index contributed by atoms with van der Waals surface area (Å²) in [5.74, 6) is 0. The molecule has 1 aliphatic heterocycles. The first-order chi connectivity index (χ1) is 5.81. The first kappa shape index (κ1) is 7.55. The van der Waals surface area contributed by atoms with Gasteiger partial charge in [-0.2, -0.15) is 0 Å². The molecular weight excluding hydrogens is 170 g/mol. The van der Waals surface area contributed by atoms with Crippen LogP contribution in [0.4, 0.5) is 5.69 Å². The fourth-order valence-electron chi connectivity index (χ4n) is 1.21. The lowest BCUT2D eigenvalue weighted by atomic mass is 10.2. The smallest absolute Gasteiger partial charge is 0.114 e. The largest absolute Gasteiger partial charge is 0.470 e. The summed E-state index contributed by atoms with van der Waals surface area (Å²) in [7, 11) is 0. The fourth-order valence-corrected chi connectivity index (χ4v) is 1.69. The van der Waals surface area contributed by atoms with Crippen LogP contribution in [0.5, 0.6) is 0 Å². The lowest BCUT2D eigenvalue weighted by Gasteiger charge is -1.98. The predicted molar refractivity (Wildman–Crippen MR) is 51.5 cm³/mol. The van der Waals surface area contributed by atoms with Crippen molar-refractivity contribution in [1.29, 1.82) is 0 Å². The highest BCUT2D eigenvalue weighted by atomic mass is 32.2. The molecule has 0 aromatic rings. The first-order valence-corrected chi connectivity index (χ1v) is 4.83. The highest BCUT2D eigenvalue weighted by Crippen LogP contribution is 2.34. The van der Waals surface area contributed by atoms with Crippen molar-refractivity contribution in [3.8, 4) is 11.1 Å². The number of rotatable bonds is 1. The van der Waals surface area contributed by atoms with Crippen LogP contribution < -0.4 is 5.73 Å². The zero-order valence-electron chi connectivity index (χ0n) is 6.70. The minimum atomic E-state index is 0.702. The van der Waals surface area contributed by atoms with Crippen LogP contribution in [0.1, 0.15) is 0 Å². The van der Waals surface area contributed by atoms with E-state index in [1.807, 2.05) is 6.26 Å². The van der Waals surface area contributed by atoms with E-state index in [-0.39, 0.29) is 0 Å². The standard InChI is InChI=1S/C9H9NOS/c1-12-7-2-6-4-11-5-9(10)8(6)3-7/h2-5H,10H2,1H3. The summed E-state index contributed by atoms with van der Waals surface area (Å²) in [4.78, 5) is 1.22. The van der Waals surface area contributed by atoms with Gasteiger partial charge in [-0.25, -0.2) is 0 Å². The average molecular weight is 179 g/mol. The van der Waals surface area contributed by atoms with E-state index in [9.17, 15) is 0 Å². The van der Waals surface area contributed by atoms with Crippen molar-refractivity contribution >= 4 is 17.4 Å². The van der Waals surface area contributed by atoms with Gasteiger partial charge < -0.3 is 10.2 Å². The molecule has 1 heterocycles. The van der Waals surface area contributed by atoms with Gasteiger partial charge in [0, 0.05) is 16.0 Å². The number of anilines is 1. The molecule has 0 fully saturated rings. The topological polar surface area (TPSA) is 39.2 Å². The summed E-state index contributed by atoms with van der Waals surface area (Å²) >= 11 is 1.71. The molecule has 0 aromatic carbocycles. The Morgan fingerprint density at radius 2 is 2.17 bits per heavy atom. The van der Waals surface area contributed by atoms with Gasteiger partial charge in [0.25, 0.3) is 0 Å². The van der Waals surface area contributed by atoms with Gasteiger partial charge in [-0.05, 0) is 18.4 Å². The molecule has 0 saturated heterocycles. The summed E-state index contributed by atoms with van der Waals surface area (Å²) in [6.45, 7) is 0. The fraction of sp³-hybridized carbons (Fsp3) is 0.111. The summed E-state index contributed by atoms with van der Waals surface area (Å²) in [5, 5.41) is 0. The molecule has 0 amide bonds. The van der Waals surface area contributed by atoms with Crippen molar-refractivity contribution in [3.05, 3.63) is 24.7 Å². The molecule has 12 heavy (non-hydrogen) atoms. The zero-order chi connectivity index (χ0) is 8.55. The van der Waals surface area contributed by atoms with Crippen molar-refractivity contribution in [1.82, 2.24) is 0 Å². The Labute approximate surface area is 75.1 Å². The van der Waals surface area contributed by atoms with Crippen molar-refractivity contribution in [2.75, 3.05) is 12.0 Å². The lowest BCUT2D eigenvalue weighted by Crippen LogP contribution is -1.86. The van der Waals surface area contributed by atoms with Crippen molar-refractivity contribution in [2.24, 2.45) is 0 Å². The molecular formula is C9H9NOS. The van der Waals surface area contributed by atoms with Crippen LogP contribution in [-0.2, 0) is 0 Å². The van der Waals surface area contributed by atoms with Crippen LogP contribution in [0.15, 0.2) is 34.0 Å². The maximum absolute atomic E-state index is 5.72. The van der Waals surface area contributed by atoms with E-state index >= 15 is 0 Å². The van der Waals surface area contributed by atoms with Crippen LogP contribution in [-0.4, -0.2) is 6.26 Å². The average Bonchev–Trinajstić information content (AvgIpc) is 2.49. The van der Waals surface area contributed by atoms with Crippen LogP contribution in [0.3, 0.4) is 0 Å². The second-order valence-corrected chi connectivity index (χ2v) is 3.47. The van der Waals surface area contributed by atoms with Gasteiger partial charge in [-0.3, -0.25) is 0 Å². The molecule has 0 spiro atoms. The van der Waals surface area contributed by atoms with Crippen molar-refractivity contribution in [3.63, 3.8) is 0 Å². The molecule has 0 aromatic heterocycles. The Hall–Kier alpha value is -1.09. The Bertz CT molecular complexity index is 369. The molecule has 2 rings (SSSR count). The lowest BCUT2D eigenvalue weighted by molar-refractivity contribution is 0.554. The number of thioether (sulfide) groups is 1. The van der Waals surface area contributed by atoms with E-state index in [0.717, 1.165) is 11.1 Å². The quantitative estimate of drug-likeness (QED) is 0.684. The Morgan fingerprint density at radius 3 is 2.83 bits per heavy atom. The van der Waals surface area contributed by atoms with Crippen LogP contribution in [0.2, 0.25) is 0 Å². The van der Waals surface area contributed by atoms with Crippen LogP contribution in [0.25, 0.3) is 11.1 Å². The third kappa shape index (κ3) is 1.06. The van der Waals surface area contributed by atoms with E-state index in [0.29, 0.717) is 5.69 Å². The molecule has 3 heteroatoms. The number of nitrogens with two attached hydrogens (primary N) is 1. The van der Waals surface area contributed by atoms with Crippen molar-refractivity contribution in [2.45, 2.75) is 4.90 Å². The molecule has 0 atom stereocenters. The number of fused-ring (bicyclic) bond motifs is 1. The second-order valence-electron chi connectivity index (χ2n) is 2.59. The third-order valence-corrected chi connectivity index (χ3v) is 2.54. The van der Waals surface area contributed by atoms with Crippen LogP contribution >= 0.6 is 11.8 Å². The van der Waals surface area contributed by atoms with Gasteiger partial charge >= 0.3 is 0 Å². The summed E-state index contributed by atoms with van der Waals surface area (Å²) in [5.41, 5.74) is 8.57. The number of hydrogen-bond acceptors (Lipinski definition) is 3. The summed E-state index contributed by atoms with van der Waals surface area (Å²) in [6.07, 6.45) is 5.32.